The average molecular weight is 256 g/mol. The van der Waals surface area contributed by atoms with Gasteiger partial charge in [0.2, 0.25) is 0 Å². The van der Waals surface area contributed by atoms with E-state index in [4.69, 9.17) is 9.84 Å². The van der Waals surface area contributed by atoms with E-state index in [1.54, 1.807) is 6.92 Å². The molecule has 1 unspecified atom stereocenters. The maximum Gasteiger partial charge on any atom is 0.339 e. The highest BCUT2D eigenvalue weighted by Crippen LogP contribution is 2.23. The Morgan fingerprint density at radius 1 is 1.50 bits per heavy atom. The number of aliphatic hydroxyl groups is 1. The lowest BCUT2D eigenvalue weighted by molar-refractivity contribution is -0.0269. The molecular formula is C13H17FO4. The Bertz CT molecular complexity index is 441. The van der Waals surface area contributed by atoms with Gasteiger partial charge in [-0.25, -0.2) is 9.18 Å². The number of rotatable bonds is 5. The second-order valence-corrected chi connectivity index (χ2v) is 4.75. The molecule has 0 aliphatic rings. The predicted molar refractivity (Wildman–Crippen MR) is 64.3 cm³/mol. The van der Waals surface area contributed by atoms with Crippen LogP contribution in [0.3, 0.4) is 0 Å². The number of carbonyl (C=O) groups is 1. The highest BCUT2D eigenvalue weighted by Gasteiger charge is 2.26. The van der Waals surface area contributed by atoms with E-state index in [9.17, 15) is 14.3 Å². The van der Waals surface area contributed by atoms with E-state index >= 15 is 0 Å². The van der Waals surface area contributed by atoms with Crippen molar-refractivity contribution < 1.29 is 24.1 Å². The minimum atomic E-state index is -1.27. The van der Waals surface area contributed by atoms with Gasteiger partial charge in [0, 0.05) is 0 Å². The molecule has 0 spiro atoms. The summed E-state index contributed by atoms with van der Waals surface area (Å²) in [6.07, 6.45) is 0. The van der Waals surface area contributed by atoms with Crippen molar-refractivity contribution >= 4 is 5.97 Å². The SMILES string of the molecule is CC(C)C(C)(O)COc1ccc(F)cc1C(=O)O. The number of carboxylic acids is 1. The van der Waals surface area contributed by atoms with E-state index in [0.29, 0.717) is 0 Å². The molecule has 1 rings (SSSR count). The third-order valence-electron chi connectivity index (χ3n) is 2.94. The molecule has 0 heterocycles. The van der Waals surface area contributed by atoms with Crippen molar-refractivity contribution in [2.45, 2.75) is 26.4 Å². The van der Waals surface area contributed by atoms with Gasteiger partial charge in [-0.1, -0.05) is 13.8 Å². The number of carboxylic acid groups (broad SMARTS) is 1. The van der Waals surface area contributed by atoms with Crippen molar-refractivity contribution in [3.8, 4) is 5.75 Å². The summed E-state index contributed by atoms with van der Waals surface area (Å²) in [5, 5.41) is 18.9. The highest BCUT2D eigenvalue weighted by atomic mass is 19.1. The fraction of sp³-hybridized carbons (Fsp3) is 0.462. The summed E-state index contributed by atoms with van der Waals surface area (Å²) >= 11 is 0. The summed E-state index contributed by atoms with van der Waals surface area (Å²) in [5.41, 5.74) is -1.33. The van der Waals surface area contributed by atoms with Gasteiger partial charge in [-0.3, -0.25) is 0 Å². The Labute approximate surface area is 105 Å². The zero-order valence-corrected chi connectivity index (χ0v) is 10.6. The zero-order valence-electron chi connectivity index (χ0n) is 10.6. The first kappa shape index (κ1) is 14.4. The molecule has 4 nitrogen and oxygen atoms in total. The molecule has 0 saturated heterocycles. The Morgan fingerprint density at radius 2 is 2.11 bits per heavy atom. The summed E-state index contributed by atoms with van der Waals surface area (Å²) in [7, 11) is 0. The number of hydrogen-bond acceptors (Lipinski definition) is 3. The summed E-state index contributed by atoms with van der Waals surface area (Å²) in [4.78, 5) is 10.9. The first-order valence-electron chi connectivity index (χ1n) is 5.62. The van der Waals surface area contributed by atoms with Gasteiger partial charge in [0.15, 0.2) is 0 Å². The van der Waals surface area contributed by atoms with Crippen LogP contribution >= 0.6 is 0 Å². The monoisotopic (exact) mass is 256 g/mol. The van der Waals surface area contributed by atoms with Crippen LogP contribution in [0.2, 0.25) is 0 Å². The van der Waals surface area contributed by atoms with E-state index in [-0.39, 0.29) is 23.8 Å². The van der Waals surface area contributed by atoms with Gasteiger partial charge in [0.25, 0.3) is 0 Å². The van der Waals surface area contributed by atoms with E-state index in [0.717, 1.165) is 12.1 Å². The molecule has 1 aromatic carbocycles. The maximum absolute atomic E-state index is 12.9. The Morgan fingerprint density at radius 3 is 2.61 bits per heavy atom. The van der Waals surface area contributed by atoms with E-state index < -0.39 is 17.4 Å². The molecule has 0 aliphatic heterocycles. The van der Waals surface area contributed by atoms with Crippen molar-refractivity contribution in [3.63, 3.8) is 0 Å². The quantitative estimate of drug-likeness (QED) is 0.848. The molecule has 2 N–H and O–H groups in total. The summed E-state index contributed by atoms with van der Waals surface area (Å²) in [6, 6.07) is 3.25. The second-order valence-electron chi connectivity index (χ2n) is 4.75. The smallest absolute Gasteiger partial charge is 0.339 e. The molecular weight excluding hydrogens is 239 g/mol. The molecule has 0 aromatic heterocycles. The van der Waals surface area contributed by atoms with Crippen LogP contribution in [0.25, 0.3) is 0 Å². The van der Waals surface area contributed by atoms with Crippen molar-refractivity contribution in [1.29, 1.82) is 0 Å². The van der Waals surface area contributed by atoms with Gasteiger partial charge < -0.3 is 14.9 Å². The topological polar surface area (TPSA) is 66.8 Å². The van der Waals surface area contributed by atoms with Crippen molar-refractivity contribution in [1.82, 2.24) is 0 Å². The zero-order chi connectivity index (χ0) is 13.9. The van der Waals surface area contributed by atoms with Gasteiger partial charge in [0.05, 0.1) is 5.60 Å². The first-order valence-corrected chi connectivity index (χ1v) is 5.62. The van der Waals surface area contributed by atoms with Crippen molar-refractivity contribution in [2.75, 3.05) is 6.61 Å². The molecule has 1 aromatic rings. The van der Waals surface area contributed by atoms with Crippen molar-refractivity contribution in [2.24, 2.45) is 5.92 Å². The normalized spacial score (nSPS) is 14.3. The van der Waals surface area contributed by atoms with Gasteiger partial charge >= 0.3 is 5.97 Å². The summed E-state index contributed by atoms with van der Waals surface area (Å²) in [6.45, 7) is 5.19. The fourth-order valence-electron chi connectivity index (χ4n) is 1.19. The number of hydrogen-bond donors (Lipinski definition) is 2. The first-order chi connectivity index (χ1) is 8.24. The molecule has 0 aliphatic carbocycles. The number of benzene rings is 1. The third-order valence-corrected chi connectivity index (χ3v) is 2.94. The molecule has 0 bridgehead atoms. The standard InChI is InChI=1S/C13H17FO4/c1-8(2)13(3,17)7-18-11-5-4-9(14)6-10(11)12(15)16/h4-6,8,17H,7H2,1-3H3,(H,15,16). The average Bonchev–Trinajstić information content (AvgIpc) is 2.27. The second kappa shape index (κ2) is 5.35. The Kier molecular flexibility index (Phi) is 4.29. The van der Waals surface area contributed by atoms with E-state index in [2.05, 4.69) is 0 Å². The number of halogens is 1. The van der Waals surface area contributed by atoms with Gasteiger partial charge in [0.1, 0.15) is 23.7 Å². The minimum Gasteiger partial charge on any atom is -0.490 e. The van der Waals surface area contributed by atoms with Crippen LogP contribution < -0.4 is 4.74 Å². The summed E-state index contributed by atoms with van der Waals surface area (Å²) < 4.78 is 18.2. The largest absolute Gasteiger partial charge is 0.490 e. The molecule has 0 amide bonds. The molecule has 0 fully saturated rings. The molecule has 5 heteroatoms. The maximum atomic E-state index is 12.9. The molecule has 0 radical (unpaired) electrons. The molecule has 1 atom stereocenters. The predicted octanol–water partition coefficient (Wildman–Crippen LogP) is 2.31. The highest BCUT2D eigenvalue weighted by molar-refractivity contribution is 5.90. The Hall–Kier alpha value is -1.62. The molecule has 18 heavy (non-hydrogen) atoms. The van der Waals surface area contributed by atoms with Crippen LogP contribution in [0, 0.1) is 11.7 Å². The lowest BCUT2D eigenvalue weighted by Gasteiger charge is -2.27. The van der Waals surface area contributed by atoms with Crippen LogP contribution in [-0.4, -0.2) is 28.4 Å². The van der Waals surface area contributed by atoms with Gasteiger partial charge in [-0.05, 0) is 31.0 Å². The third kappa shape index (κ3) is 3.43. The van der Waals surface area contributed by atoms with Crippen molar-refractivity contribution in [3.05, 3.63) is 29.6 Å². The molecule has 100 valence electrons. The molecule has 0 saturated carbocycles. The van der Waals surface area contributed by atoms with Crippen LogP contribution in [0.1, 0.15) is 31.1 Å². The minimum absolute atomic E-state index is 0.0461. The van der Waals surface area contributed by atoms with Crippen LogP contribution in [0.4, 0.5) is 4.39 Å². The number of ether oxygens (including phenoxy) is 1. The van der Waals surface area contributed by atoms with E-state index in [1.807, 2.05) is 13.8 Å². The van der Waals surface area contributed by atoms with Crippen LogP contribution in [-0.2, 0) is 0 Å². The fourth-order valence-corrected chi connectivity index (χ4v) is 1.19. The lowest BCUT2D eigenvalue weighted by Crippen LogP contribution is -2.38. The Balaban J connectivity index is 2.89. The van der Waals surface area contributed by atoms with Crippen LogP contribution in [0.15, 0.2) is 18.2 Å². The van der Waals surface area contributed by atoms with Gasteiger partial charge in [-0.2, -0.15) is 0 Å². The van der Waals surface area contributed by atoms with Crippen LogP contribution in [0.5, 0.6) is 5.75 Å². The lowest BCUT2D eigenvalue weighted by atomic mass is 9.94. The number of aromatic carboxylic acids is 1. The van der Waals surface area contributed by atoms with Gasteiger partial charge in [-0.15, -0.1) is 0 Å². The summed E-state index contributed by atoms with van der Waals surface area (Å²) in [5.74, 6) is -1.92. The van der Waals surface area contributed by atoms with E-state index in [1.165, 1.54) is 6.07 Å².